The highest BCUT2D eigenvalue weighted by molar-refractivity contribution is 5.98. The number of carbonyl (C=O) groups is 1. The number of carbonyl (C=O) groups excluding carboxylic acids is 1. The monoisotopic (exact) mass is 438 g/mol. The third-order valence-corrected chi connectivity index (χ3v) is 5.38. The van der Waals surface area contributed by atoms with E-state index >= 15 is 0 Å². The van der Waals surface area contributed by atoms with Crippen LogP contribution >= 0.6 is 0 Å². The fourth-order valence-electron chi connectivity index (χ4n) is 3.59. The Hall–Kier alpha value is -3.73. The highest BCUT2D eigenvalue weighted by Crippen LogP contribution is 2.31. The Morgan fingerprint density at radius 2 is 1.81 bits per heavy atom. The first-order valence-corrected chi connectivity index (χ1v) is 10.2. The molecule has 0 aliphatic carbocycles. The second-order valence-electron chi connectivity index (χ2n) is 7.45. The molecule has 1 fully saturated rings. The minimum atomic E-state index is -0.683. The van der Waals surface area contributed by atoms with Crippen molar-refractivity contribution in [3.8, 4) is 11.8 Å². The topological polar surface area (TPSA) is 68.9 Å². The summed E-state index contributed by atoms with van der Waals surface area (Å²) in [4.78, 5) is 19.7. The van der Waals surface area contributed by atoms with Crippen LogP contribution in [0.3, 0.4) is 0 Å². The van der Waals surface area contributed by atoms with Crippen molar-refractivity contribution in [2.24, 2.45) is 4.99 Å². The average Bonchev–Trinajstić information content (AvgIpc) is 3.33. The largest absolute Gasteiger partial charge is 0.494 e. The molecule has 6 nitrogen and oxygen atoms in total. The summed E-state index contributed by atoms with van der Waals surface area (Å²) in [6, 6.07) is 10.5. The first-order valence-electron chi connectivity index (χ1n) is 10.2. The lowest BCUT2D eigenvalue weighted by molar-refractivity contribution is -0.114. The SMILES string of the molecule is COc1ccc(/C(C)=C(/N=C(N(C)C=O)N2CCCC2)c2ccc(C#N)c(F)c2)cc1F. The number of rotatable bonds is 5. The van der Waals surface area contributed by atoms with Gasteiger partial charge in [-0.25, -0.2) is 13.8 Å². The first-order chi connectivity index (χ1) is 15.4. The lowest BCUT2D eigenvalue weighted by Crippen LogP contribution is -2.40. The third-order valence-electron chi connectivity index (χ3n) is 5.38. The Balaban J connectivity index is 2.24. The minimum absolute atomic E-state index is 0.0880. The van der Waals surface area contributed by atoms with Crippen LogP contribution in [0.4, 0.5) is 8.78 Å². The van der Waals surface area contributed by atoms with Gasteiger partial charge in [0.2, 0.25) is 12.4 Å². The fourth-order valence-corrected chi connectivity index (χ4v) is 3.59. The molecule has 1 heterocycles. The van der Waals surface area contributed by atoms with Gasteiger partial charge in [-0.15, -0.1) is 0 Å². The van der Waals surface area contributed by atoms with Crippen LogP contribution in [0.2, 0.25) is 0 Å². The van der Waals surface area contributed by atoms with E-state index < -0.39 is 11.6 Å². The van der Waals surface area contributed by atoms with Crippen LogP contribution < -0.4 is 4.74 Å². The van der Waals surface area contributed by atoms with E-state index in [1.165, 1.54) is 36.3 Å². The van der Waals surface area contributed by atoms with Crippen molar-refractivity contribution in [2.75, 3.05) is 27.2 Å². The zero-order valence-corrected chi connectivity index (χ0v) is 18.2. The van der Waals surface area contributed by atoms with Gasteiger partial charge in [-0.2, -0.15) is 5.26 Å². The summed E-state index contributed by atoms with van der Waals surface area (Å²) in [7, 11) is 2.98. The molecule has 0 saturated carbocycles. The summed E-state index contributed by atoms with van der Waals surface area (Å²) in [6.07, 6.45) is 2.61. The van der Waals surface area contributed by atoms with Gasteiger partial charge >= 0.3 is 0 Å². The second-order valence-corrected chi connectivity index (χ2v) is 7.45. The van der Waals surface area contributed by atoms with Crippen molar-refractivity contribution in [2.45, 2.75) is 19.8 Å². The van der Waals surface area contributed by atoms with Crippen molar-refractivity contribution < 1.29 is 18.3 Å². The maximum Gasteiger partial charge on any atom is 0.216 e. The molecular weight excluding hydrogens is 414 g/mol. The van der Waals surface area contributed by atoms with Gasteiger partial charge in [0.15, 0.2) is 11.6 Å². The molecule has 0 spiro atoms. The molecule has 32 heavy (non-hydrogen) atoms. The summed E-state index contributed by atoms with van der Waals surface area (Å²) >= 11 is 0. The van der Waals surface area contributed by atoms with Crippen LogP contribution in [0, 0.1) is 23.0 Å². The molecule has 166 valence electrons. The smallest absolute Gasteiger partial charge is 0.216 e. The maximum atomic E-state index is 14.5. The van der Waals surface area contributed by atoms with Crippen molar-refractivity contribution >= 4 is 23.6 Å². The molecule has 0 radical (unpaired) electrons. The van der Waals surface area contributed by atoms with E-state index in [0.717, 1.165) is 25.9 Å². The second kappa shape index (κ2) is 10.1. The van der Waals surface area contributed by atoms with Crippen molar-refractivity contribution in [1.29, 1.82) is 5.26 Å². The number of methoxy groups -OCH3 is 1. The molecule has 1 saturated heterocycles. The zero-order chi connectivity index (χ0) is 23.3. The fraction of sp³-hybridized carbons (Fsp3) is 0.292. The van der Waals surface area contributed by atoms with Gasteiger partial charge in [0.05, 0.1) is 18.4 Å². The number of aliphatic imine (C=N–C) groups is 1. The van der Waals surface area contributed by atoms with E-state index in [1.807, 2.05) is 4.90 Å². The van der Waals surface area contributed by atoms with Gasteiger partial charge in [0.25, 0.3) is 0 Å². The molecule has 8 heteroatoms. The maximum absolute atomic E-state index is 14.5. The van der Waals surface area contributed by atoms with Crippen molar-refractivity contribution in [3.63, 3.8) is 0 Å². The number of nitrogens with zero attached hydrogens (tertiary/aromatic N) is 4. The van der Waals surface area contributed by atoms with Gasteiger partial charge in [-0.3, -0.25) is 9.69 Å². The number of halogens is 2. The molecule has 1 aliphatic heterocycles. The number of amides is 1. The van der Waals surface area contributed by atoms with E-state index in [2.05, 4.69) is 0 Å². The Morgan fingerprint density at radius 3 is 2.38 bits per heavy atom. The van der Waals surface area contributed by atoms with E-state index in [-0.39, 0.29) is 11.3 Å². The third kappa shape index (κ3) is 4.78. The predicted octanol–water partition coefficient (Wildman–Crippen LogP) is 4.27. The number of allylic oxidation sites excluding steroid dienone is 1. The van der Waals surface area contributed by atoms with Gasteiger partial charge in [0, 0.05) is 25.7 Å². The summed E-state index contributed by atoms with van der Waals surface area (Å²) in [5.41, 5.74) is 1.79. The molecule has 2 aromatic rings. The number of hydrogen-bond donors (Lipinski definition) is 0. The highest BCUT2D eigenvalue weighted by Gasteiger charge is 2.22. The highest BCUT2D eigenvalue weighted by atomic mass is 19.1. The zero-order valence-electron chi connectivity index (χ0n) is 18.2. The van der Waals surface area contributed by atoms with Crippen LogP contribution in [-0.2, 0) is 4.79 Å². The standard InChI is InChI=1S/C24H24F2N4O2/c1-16(17-8-9-22(32-3)21(26)12-17)23(18-6-7-19(14-27)20(25)13-18)28-24(29(2)15-31)30-10-4-5-11-30/h6-9,12-13,15H,4-5,10-11H2,1-3H3/b23-16+,28-24?. The van der Waals surface area contributed by atoms with Crippen LogP contribution in [0.5, 0.6) is 5.75 Å². The van der Waals surface area contributed by atoms with Gasteiger partial charge in [-0.1, -0.05) is 12.1 Å². The molecule has 0 aromatic heterocycles. The molecule has 0 N–H and O–H groups in total. The van der Waals surface area contributed by atoms with Gasteiger partial charge in [0.1, 0.15) is 11.9 Å². The summed E-state index contributed by atoms with van der Waals surface area (Å²) in [5, 5.41) is 9.07. The normalized spacial score (nSPS) is 14.6. The lowest BCUT2D eigenvalue weighted by atomic mass is 9.99. The summed E-state index contributed by atoms with van der Waals surface area (Å²) in [6.45, 7) is 3.23. The average molecular weight is 438 g/mol. The van der Waals surface area contributed by atoms with Crippen LogP contribution in [-0.4, -0.2) is 49.4 Å². The molecule has 1 amide bonds. The number of nitriles is 1. The Bertz CT molecular complexity index is 1120. The number of benzene rings is 2. The molecule has 0 unspecified atom stereocenters. The van der Waals surface area contributed by atoms with Crippen LogP contribution in [0.25, 0.3) is 11.3 Å². The van der Waals surface area contributed by atoms with E-state index in [9.17, 15) is 13.6 Å². The van der Waals surface area contributed by atoms with E-state index in [4.69, 9.17) is 15.0 Å². The summed E-state index contributed by atoms with van der Waals surface area (Å²) in [5.74, 6) is -0.693. The van der Waals surface area contributed by atoms with Crippen LogP contribution in [0.15, 0.2) is 41.4 Å². The number of likely N-dealkylation sites (tertiary alicyclic amines) is 1. The van der Waals surface area contributed by atoms with E-state index in [1.54, 1.807) is 32.2 Å². The molecular formula is C24H24F2N4O2. The number of hydrogen-bond acceptors (Lipinski definition) is 4. The predicted molar refractivity (Wildman–Crippen MR) is 119 cm³/mol. The van der Waals surface area contributed by atoms with Crippen molar-refractivity contribution in [1.82, 2.24) is 9.80 Å². The van der Waals surface area contributed by atoms with Crippen molar-refractivity contribution in [3.05, 3.63) is 64.7 Å². The molecule has 0 atom stereocenters. The minimum Gasteiger partial charge on any atom is -0.494 e. The summed E-state index contributed by atoms with van der Waals surface area (Å²) < 4.78 is 33.8. The Morgan fingerprint density at radius 1 is 1.16 bits per heavy atom. The Labute approximate surface area is 186 Å². The molecule has 3 rings (SSSR count). The van der Waals surface area contributed by atoms with E-state index in [0.29, 0.717) is 34.8 Å². The molecule has 0 bridgehead atoms. The molecule has 2 aromatic carbocycles. The number of ether oxygens (including phenoxy) is 1. The number of guanidine groups is 1. The molecule has 1 aliphatic rings. The lowest BCUT2D eigenvalue weighted by Gasteiger charge is -2.25. The first kappa shape index (κ1) is 22.9. The quantitative estimate of drug-likeness (QED) is 0.303. The van der Waals surface area contributed by atoms with Gasteiger partial charge < -0.3 is 9.64 Å². The Kier molecular flexibility index (Phi) is 7.21. The van der Waals surface area contributed by atoms with Gasteiger partial charge in [-0.05, 0) is 55.2 Å². The van der Waals surface area contributed by atoms with Crippen LogP contribution in [0.1, 0.15) is 36.5 Å².